The number of imide groups is 1. The SMILES string of the molecule is CCC1C(=O)NC(=O)CN1S(=O)(=O)c1ccc(NC)nc1. The number of carbonyl (C=O) groups is 2. The second-order valence-corrected chi connectivity index (χ2v) is 6.41. The first-order valence-corrected chi connectivity index (χ1v) is 7.83. The fourth-order valence-electron chi connectivity index (χ4n) is 2.10. The molecule has 1 aliphatic heterocycles. The highest BCUT2D eigenvalue weighted by Crippen LogP contribution is 2.21. The summed E-state index contributed by atoms with van der Waals surface area (Å²) in [5, 5.41) is 4.92. The minimum Gasteiger partial charge on any atom is -0.373 e. The number of nitrogens with one attached hydrogen (secondary N) is 2. The molecule has 0 saturated carbocycles. The van der Waals surface area contributed by atoms with Crippen LogP contribution in [-0.2, 0) is 19.6 Å². The van der Waals surface area contributed by atoms with E-state index in [4.69, 9.17) is 0 Å². The molecule has 1 saturated heterocycles. The molecule has 2 heterocycles. The molecule has 1 atom stereocenters. The van der Waals surface area contributed by atoms with E-state index < -0.39 is 27.9 Å². The Morgan fingerprint density at radius 1 is 1.43 bits per heavy atom. The van der Waals surface area contributed by atoms with Crippen molar-refractivity contribution >= 4 is 27.7 Å². The molecule has 1 aromatic heterocycles. The first-order valence-electron chi connectivity index (χ1n) is 6.39. The van der Waals surface area contributed by atoms with Crippen molar-refractivity contribution in [3.05, 3.63) is 18.3 Å². The van der Waals surface area contributed by atoms with Crippen LogP contribution >= 0.6 is 0 Å². The summed E-state index contributed by atoms with van der Waals surface area (Å²) >= 11 is 0. The Morgan fingerprint density at radius 3 is 2.67 bits per heavy atom. The van der Waals surface area contributed by atoms with Gasteiger partial charge in [0.15, 0.2) is 0 Å². The number of carbonyl (C=O) groups excluding carboxylic acids is 2. The summed E-state index contributed by atoms with van der Waals surface area (Å²) in [5.74, 6) is -0.710. The van der Waals surface area contributed by atoms with E-state index in [1.54, 1.807) is 14.0 Å². The molecule has 0 radical (unpaired) electrons. The first kappa shape index (κ1) is 15.4. The smallest absolute Gasteiger partial charge is 0.245 e. The van der Waals surface area contributed by atoms with Gasteiger partial charge in [0, 0.05) is 13.2 Å². The van der Waals surface area contributed by atoms with Gasteiger partial charge in [0.25, 0.3) is 0 Å². The fraction of sp³-hybridized carbons (Fsp3) is 0.417. The lowest BCUT2D eigenvalue weighted by atomic mass is 10.2. The highest BCUT2D eigenvalue weighted by molar-refractivity contribution is 7.89. The standard InChI is InChI=1S/C12H16N4O4S/c1-3-9-12(18)15-11(17)7-16(9)21(19,20)8-4-5-10(13-2)14-6-8/h4-6,9H,3,7H2,1-2H3,(H,13,14)(H,15,17,18). The van der Waals surface area contributed by atoms with Crippen molar-refractivity contribution in [3.8, 4) is 0 Å². The molecule has 0 aliphatic carbocycles. The van der Waals surface area contributed by atoms with Gasteiger partial charge in [-0.15, -0.1) is 0 Å². The van der Waals surface area contributed by atoms with Crippen molar-refractivity contribution in [1.29, 1.82) is 0 Å². The van der Waals surface area contributed by atoms with Crippen LogP contribution in [0.15, 0.2) is 23.2 Å². The molecule has 0 bridgehead atoms. The number of aromatic nitrogens is 1. The molecule has 1 fully saturated rings. The summed E-state index contributed by atoms with van der Waals surface area (Å²) < 4.78 is 26.1. The third kappa shape index (κ3) is 2.88. The fourth-order valence-corrected chi connectivity index (χ4v) is 3.66. The van der Waals surface area contributed by atoms with E-state index in [0.717, 1.165) is 4.31 Å². The van der Waals surface area contributed by atoms with E-state index in [-0.39, 0.29) is 17.9 Å². The van der Waals surface area contributed by atoms with Gasteiger partial charge in [-0.25, -0.2) is 13.4 Å². The normalized spacial score (nSPS) is 20.2. The van der Waals surface area contributed by atoms with Crippen LogP contribution in [0.5, 0.6) is 0 Å². The molecule has 8 nitrogen and oxygen atoms in total. The molecule has 0 spiro atoms. The number of nitrogens with zero attached hydrogens (tertiary/aromatic N) is 2. The average Bonchev–Trinajstić information content (AvgIpc) is 2.46. The van der Waals surface area contributed by atoms with E-state index in [2.05, 4.69) is 15.6 Å². The van der Waals surface area contributed by atoms with Crippen LogP contribution in [0.25, 0.3) is 0 Å². The van der Waals surface area contributed by atoms with E-state index in [9.17, 15) is 18.0 Å². The molecule has 9 heteroatoms. The van der Waals surface area contributed by atoms with Gasteiger partial charge in [-0.3, -0.25) is 14.9 Å². The lowest BCUT2D eigenvalue weighted by molar-refractivity contribution is -0.137. The lowest BCUT2D eigenvalue weighted by Crippen LogP contribution is -2.59. The maximum Gasteiger partial charge on any atom is 0.245 e. The van der Waals surface area contributed by atoms with E-state index in [0.29, 0.717) is 5.82 Å². The van der Waals surface area contributed by atoms with Crippen LogP contribution < -0.4 is 10.6 Å². The topological polar surface area (TPSA) is 108 Å². The van der Waals surface area contributed by atoms with Crippen LogP contribution in [0.2, 0.25) is 0 Å². The zero-order valence-electron chi connectivity index (χ0n) is 11.7. The Balaban J connectivity index is 2.40. The number of anilines is 1. The Labute approximate surface area is 122 Å². The first-order chi connectivity index (χ1) is 9.90. The van der Waals surface area contributed by atoms with Gasteiger partial charge in [0.2, 0.25) is 21.8 Å². The van der Waals surface area contributed by atoms with Crippen LogP contribution in [0, 0.1) is 0 Å². The molecule has 114 valence electrons. The number of amides is 2. The minimum atomic E-state index is -3.95. The molecule has 2 rings (SSSR count). The summed E-state index contributed by atoms with van der Waals surface area (Å²) in [6.07, 6.45) is 1.48. The third-order valence-electron chi connectivity index (χ3n) is 3.20. The van der Waals surface area contributed by atoms with Crippen molar-refractivity contribution < 1.29 is 18.0 Å². The lowest BCUT2D eigenvalue weighted by Gasteiger charge is -2.32. The highest BCUT2D eigenvalue weighted by Gasteiger charge is 2.40. The zero-order chi connectivity index (χ0) is 15.6. The largest absolute Gasteiger partial charge is 0.373 e. The number of piperazine rings is 1. The number of sulfonamides is 1. The van der Waals surface area contributed by atoms with Crippen molar-refractivity contribution in [2.24, 2.45) is 0 Å². The predicted octanol–water partition coefficient (Wildman–Crippen LogP) is -0.451. The van der Waals surface area contributed by atoms with Gasteiger partial charge in [0.05, 0.1) is 6.54 Å². The van der Waals surface area contributed by atoms with Crippen molar-refractivity contribution in [2.45, 2.75) is 24.3 Å². The Hall–Kier alpha value is -2.00. The van der Waals surface area contributed by atoms with Crippen LogP contribution in [0.1, 0.15) is 13.3 Å². The molecule has 1 aliphatic rings. The minimum absolute atomic E-state index is 0.0533. The van der Waals surface area contributed by atoms with E-state index >= 15 is 0 Å². The molecule has 1 unspecified atom stereocenters. The summed E-state index contributed by atoms with van der Waals surface area (Å²) in [4.78, 5) is 27.1. The summed E-state index contributed by atoms with van der Waals surface area (Å²) in [6.45, 7) is 1.31. The number of hydrogen-bond donors (Lipinski definition) is 2. The molecule has 0 aromatic carbocycles. The van der Waals surface area contributed by atoms with Crippen LogP contribution in [-0.4, -0.2) is 49.2 Å². The van der Waals surface area contributed by atoms with Gasteiger partial charge in [-0.2, -0.15) is 4.31 Å². The summed E-state index contributed by atoms with van der Waals surface area (Å²) in [7, 11) is -2.29. The third-order valence-corrected chi connectivity index (χ3v) is 5.04. The van der Waals surface area contributed by atoms with E-state index in [1.807, 2.05) is 0 Å². The van der Waals surface area contributed by atoms with Crippen molar-refractivity contribution in [2.75, 3.05) is 18.9 Å². The van der Waals surface area contributed by atoms with Crippen LogP contribution in [0.3, 0.4) is 0 Å². The summed E-state index contributed by atoms with van der Waals surface area (Å²) in [6, 6.07) is 2.01. The number of rotatable bonds is 4. The van der Waals surface area contributed by atoms with Gasteiger partial charge < -0.3 is 5.32 Å². The number of pyridine rings is 1. The number of hydrogen-bond acceptors (Lipinski definition) is 6. The maximum absolute atomic E-state index is 12.6. The van der Waals surface area contributed by atoms with Gasteiger partial charge in [-0.1, -0.05) is 6.92 Å². The Bertz CT molecular complexity index is 656. The molecule has 21 heavy (non-hydrogen) atoms. The predicted molar refractivity (Wildman–Crippen MR) is 74.9 cm³/mol. The molecule has 2 amide bonds. The quantitative estimate of drug-likeness (QED) is 0.729. The van der Waals surface area contributed by atoms with Gasteiger partial charge in [-0.05, 0) is 18.6 Å². The van der Waals surface area contributed by atoms with E-state index in [1.165, 1.54) is 18.3 Å². The second kappa shape index (κ2) is 5.78. The van der Waals surface area contributed by atoms with Crippen molar-refractivity contribution in [1.82, 2.24) is 14.6 Å². The molecular formula is C12H16N4O4S. The Morgan fingerprint density at radius 2 is 2.14 bits per heavy atom. The van der Waals surface area contributed by atoms with Crippen molar-refractivity contribution in [3.63, 3.8) is 0 Å². The zero-order valence-corrected chi connectivity index (χ0v) is 12.5. The summed E-state index contributed by atoms with van der Waals surface area (Å²) in [5.41, 5.74) is 0. The highest BCUT2D eigenvalue weighted by atomic mass is 32.2. The van der Waals surface area contributed by atoms with Gasteiger partial charge >= 0.3 is 0 Å². The Kier molecular flexibility index (Phi) is 4.24. The second-order valence-electron chi connectivity index (χ2n) is 4.52. The van der Waals surface area contributed by atoms with Crippen LogP contribution in [0.4, 0.5) is 5.82 Å². The molecular weight excluding hydrogens is 296 g/mol. The monoisotopic (exact) mass is 312 g/mol. The van der Waals surface area contributed by atoms with Gasteiger partial charge in [0.1, 0.15) is 16.8 Å². The molecule has 2 N–H and O–H groups in total. The average molecular weight is 312 g/mol. The molecule has 1 aromatic rings. The maximum atomic E-state index is 12.6.